The Morgan fingerprint density at radius 2 is 2.08 bits per heavy atom. The van der Waals surface area contributed by atoms with Crippen LogP contribution in [0.3, 0.4) is 0 Å². The largest absolute Gasteiger partial charge is 0.393 e. The lowest BCUT2D eigenvalue weighted by Crippen LogP contribution is -2.28. The van der Waals surface area contributed by atoms with Crippen LogP contribution < -0.4 is 0 Å². The summed E-state index contributed by atoms with van der Waals surface area (Å²) < 4.78 is 0. The molecule has 0 saturated heterocycles. The molecule has 2 aliphatic rings. The summed E-state index contributed by atoms with van der Waals surface area (Å²) in [6, 6.07) is 0. The van der Waals surface area contributed by atoms with Crippen LogP contribution >= 0.6 is 0 Å². The SMILES string of the molecule is C/C=C\C1C(C)C2CC(O)C1C2. The third-order valence-electron chi connectivity index (χ3n) is 3.87. The van der Waals surface area contributed by atoms with E-state index in [1.807, 2.05) is 0 Å². The summed E-state index contributed by atoms with van der Waals surface area (Å²) >= 11 is 0. The van der Waals surface area contributed by atoms with Gasteiger partial charge in [0, 0.05) is 0 Å². The van der Waals surface area contributed by atoms with E-state index in [1.165, 1.54) is 6.42 Å². The van der Waals surface area contributed by atoms with Gasteiger partial charge in [-0.25, -0.2) is 0 Å². The minimum atomic E-state index is -0.00704. The highest BCUT2D eigenvalue weighted by Crippen LogP contribution is 2.52. The molecule has 0 radical (unpaired) electrons. The second kappa shape index (κ2) is 2.88. The third-order valence-corrected chi connectivity index (χ3v) is 3.87. The van der Waals surface area contributed by atoms with Crippen LogP contribution in [0.2, 0.25) is 0 Å². The van der Waals surface area contributed by atoms with Crippen LogP contribution in [-0.2, 0) is 0 Å². The van der Waals surface area contributed by atoms with Crippen molar-refractivity contribution in [2.75, 3.05) is 0 Å². The zero-order valence-electron chi connectivity index (χ0n) is 7.90. The molecule has 0 aromatic rings. The molecule has 1 heteroatoms. The number of aliphatic hydroxyl groups excluding tert-OH is 1. The fourth-order valence-corrected chi connectivity index (χ4v) is 3.18. The summed E-state index contributed by atoms with van der Waals surface area (Å²) in [6.45, 7) is 4.41. The predicted molar refractivity (Wildman–Crippen MR) is 49.7 cm³/mol. The maximum atomic E-state index is 9.70. The third kappa shape index (κ3) is 1.03. The van der Waals surface area contributed by atoms with Crippen LogP contribution in [0.4, 0.5) is 0 Å². The Morgan fingerprint density at radius 1 is 1.33 bits per heavy atom. The Hall–Kier alpha value is -0.300. The Bertz CT molecular complexity index is 197. The van der Waals surface area contributed by atoms with Gasteiger partial charge in [-0.1, -0.05) is 19.1 Å². The van der Waals surface area contributed by atoms with E-state index in [4.69, 9.17) is 0 Å². The first-order valence-electron chi connectivity index (χ1n) is 5.05. The molecule has 0 heterocycles. The van der Waals surface area contributed by atoms with Gasteiger partial charge in [0.1, 0.15) is 0 Å². The van der Waals surface area contributed by atoms with Crippen LogP contribution in [-0.4, -0.2) is 11.2 Å². The Morgan fingerprint density at radius 3 is 2.67 bits per heavy atom. The highest BCUT2D eigenvalue weighted by Gasteiger charge is 2.48. The average Bonchev–Trinajstić information content (AvgIpc) is 2.52. The van der Waals surface area contributed by atoms with Gasteiger partial charge in [0.05, 0.1) is 6.10 Å². The van der Waals surface area contributed by atoms with Crippen molar-refractivity contribution in [2.24, 2.45) is 23.7 Å². The normalized spacial score (nSPS) is 52.4. The first kappa shape index (κ1) is 8.31. The summed E-state index contributed by atoms with van der Waals surface area (Å²) in [7, 11) is 0. The van der Waals surface area contributed by atoms with Gasteiger partial charge in [-0.05, 0) is 43.4 Å². The lowest BCUT2D eigenvalue weighted by molar-refractivity contribution is 0.0740. The molecule has 2 fully saturated rings. The van der Waals surface area contributed by atoms with E-state index in [0.29, 0.717) is 11.8 Å². The zero-order valence-corrected chi connectivity index (χ0v) is 7.90. The number of hydrogen-bond acceptors (Lipinski definition) is 1. The van der Waals surface area contributed by atoms with Crippen LogP contribution in [0, 0.1) is 23.7 Å². The van der Waals surface area contributed by atoms with Crippen molar-refractivity contribution in [2.45, 2.75) is 32.8 Å². The Labute approximate surface area is 74.5 Å². The first-order chi connectivity index (χ1) is 5.74. The van der Waals surface area contributed by atoms with E-state index < -0.39 is 0 Å². The van der Waals surface area contributed by atoms with Gasteiger partial charge in [-0.15, -0.1) is 0 Å². The number of fused-ring (bicyclic) bond motifs is 2. The minimum Gasteiger partial charge on any atom is -0.393 e. The molecular weight excluding hydrogens is 148 g/mol. The van der Waals surface area contributed by atoms with Gasteiger partial charge in [-0.2, -0.15) is 0 Å². The van der Waals surface area contributed by atoms with Crippen molar-refractivity contribution in [1.29, 1.82) is 0 Å². The summed E-state index contributed by atoms with van der Waals surface area (Å²) in [5.41, 5.74) is 0. The molecular formula is C11H18O. The van der Waals surface area contributed by atoms with E-state index in [0.717, 1.165) is 18.3 Å². The quantitative estimate of drug-likeness (QED) is 0.592. The zero-order chi connectivity index (χ0) is 8.72. The van der Waals surface area contributed by atoms with E-state index in [9.17, 15) is 5.11 Å². The van der Waals surface area contributed by atoms with Gasteiger partial charge < -0.3 is 5.11 Å². The average molecular weight is 166 g/mol. The second-order valence-electron chi connectivity index (χ2n) is 4.42. The summed E-state index contributed by atoms with van der Waals surface area (Å²) in [4.78, 5) is 0. The van der Waals surface area contributed by atoms with Crippen molar-refractivity contribution in [1.82, 2.24) is 0 Å². The van der Waals surface area contributed by atoms with E-state index in [2.05, 4.69) is 26.0 Å². The minimum absolute atomic E-state index is 0.00704. The number of hydrogen-bond donors (Lipinski definition) is 1. The Kier molecular flexibility index (Phi) is 1.99. The maximum Gasteiger partial charge on any atom is 0.0577 e. The van der Waals surface area contributed by atoms with Crippen LogP contribution in [0.25, 0.3) is 0 Å². The van der Waals surface area contributed by atoms with E-state index in [1.54, 1.807) is 0 Å². The summed E-state index contributed by atoms with van der Waals surface area (Å²) in [5, 5.41) is 9.70. The molecule has 2 rings (SSSR count). The molecule has 68 valence electrons. The van der Waals surface area contributed by atoms with Gasteiger partial charge >= 0.3 is 0 Å². The topological polar surface area (TPSA) is 20.2 Å². The fraction of sp³-hybridized carbons (Fsp3) is 0.818. The molecule has 0 aliphatic heterocycles. The van der Waals surface area contributed by atoms with Crippen molar-refractivity contribution in [3.63, 3.8) is 0 Å². The van der Waals surface area contributed by atoms with E-state index >= 15 is 0 Å². The highest BCUT2D eigenvalue weighted by atomic mass is 16.3. The van der Waals surface area contributed by atoms with Crippen molar-refractivity contribution < 1.29 is 5.11 Å². The van der Waals surface area contributed by atoms with Gasteiger partial charge in [0.15, 0.2) is 0 Å². The summed E-state index contributed by atoms with van der Waals surface area (Å²) in [6.07, 6.45) is 6.73. The monoisotopic (exact) mass is 166 g/mol. The van der Waals surface area contributed by atoms with Crippen molar-refractivity contribution in [3.05, 3.63) is 12.2 Å². The molecule has 0 spiro atoms. The molecule has 2 aliphatic carbocycles. The highest BCUT2D eigenvalue weighted by molar-refractivity contribution is 5.06. The molecule has 1 N–H and O–H groups in total. The van der Waals surface area contributed by atoms with Crippen LogP contribution in [0.5, 0.6) is 0 Å². The molecule has 0 amide bonds. The molecule has 5 unspecified atom stereocenters. The lowest BCUT2D eigenvalue weighted by atomic mass is 9.79. The standard InChI is InChI=1S/C11H18O/c1-3-4-9-7(2)8-5-10(9)11(12)6-8/h3-4,7-12H,5-6H2,1-2H3/b4-3-. The fourth-order valence-electron chi connectivity index (χ4n) is 3.18. The molecule has 12 heavy (non-hydrogen) atoms. The molecule has 0 aromatic heterocycles. The number of rotatable bonds is 1. The van der Waals surface area contributed by atoms with Crippen LogP contribution in [0.15, 0.2) is 12.2 Å². The van der Waals surface area contributed by atoms with Gasteiger partial charge in [-0.3, -0.25) is 0 Å². The first-order valence-corrected chi connectivity index (χ1v) is 5.05. The Balaban J connectivity index is 2.15. The molecule has 5 atom stereocenters. The molecule has 2 saturated carbocycles. The number of aliphatic hydroxyl groups is 1. The van der Waals surface area contributed by atoms with Crippen LogP contribution in [0.1, 0.15) is 26.7 Å². The van der Waals surface area contributed by atoms with Gasteiger partial charge in [0.2, 0.25) is 0 Å². The molecule has 0 aromatic carbocycles. The van der Waals surface area contributed by atoms with Crippen molar-refractivity contribution in [3.8, 4) is 0 Å². The predicted octanol–water partition coefficient (Wildman–Crippen LogP) is 2.22. The maximum absolute atomic E-state index is 9.70. The number of allylic oxidation sites excluding steroid dienone is 2. The summed E-state index contributed by atoms with van der Waals surface area (Å²) in [5.74, 6) is 2.82. The molecule has 1 nitrogen and oxygen atoms in total. The van der Waals surface area contributed by atoms with Crippen molar-refractivity contribution >= 4 is 0 Å². The second-order valence-corrected chi connectivity index (χ2v) is 4.42. The van der Waals surface area contributed by atoms with Gasteiger partial charge in [0.25, 0.3) is 0 Å². The smallest absolute Gasteiger partial charge is 0.0577 e. The van der Waals surface area contributed by atoms with E-state index in [-0.39, 0.29) is 6.10 Å². The lowest BCUT2D eigenvalue weighted by Gasteiger charge is -2.29. The molecule has 2 bridgehead atoms.